The Bertz CT molecular complexity index is 1080. The molecular weight excluding hydrogens is 338 g/mol. The van der Waals surface area contributed by atoms with Crippen LogP contribution < -0.4 is 14.4 Å². The first-order valence-corrected chi connectivity index (χ1v) is 7.83. The Kier molecular flexibility index (Phi) is 2.74. The van der Waals surface area contributed by atoms with E-state index in [1.807, 2.05) is 0 Å². The zero-order valence-corrected chi connectivity index (χ0v) is 13.2. The molecule has 2 aliphatic heterocycles. The Morgan fingerprint density at radius 2 is 1.38 bits per heavy atom. The molecule has 2 aliphatic rings. The summed E-state index contributed by atoms with van der Waals surface area (Å²) in [5.74, 6) is -1.13. The molecule has 0 bridgehead atoms. The monoisotopic (exact) mass is 349 g/mol. The van der Waals surface area contributed by atoms with Gasteiger partial charge in [0.2, 0.25) is 6.79 Å². The summed E-state index contributed by atoms with van der Waals surface area (Å²) in [6.07, 6.45) is 0. The van der Waals surface area contributed by atoms with Crippen molar-refractivity contribution in [2.45, 2.75) is 0 Å². The van der Waals surface area contributed by atoms with E-state index < -0.39 is 11.8 Å². The van der Waals surface area contributed by atoms with Crippen molar-refractivity contribution in [3.63, 3.8) is 0 Å². The average molecular weight is 349 g/mol. The molecule has 7 heteroatoms. The number of rotatable bonds is 1. The number of carbonyl (C=O) groups excluding carboxylic acids is 2. The second-order valence-electron chi connectivity index (χ2n) is 5.98. The molecule has 128 valence electrons. The molecule has 2 amide bonds. The fourth-order valence-electron chi connectivity index (χ4n) is 3.39. The number of carbonyl (C=O) groups is 2. The number of aromatic hydroxyl groups is 2. The Balaban J connectivity index is 1.73. The zero-order valence-electron chi connectivity index (χ0n) is 13.2. The first-order valence-electron chi connectivity index (χ1n) is 7.83. The zero-order chi connectivity index (χ0) is 18.0. The molecule has 0 fully saturated rings. The number of benzene rings is 3. The van der Waals surface area contributed by atoms with E-state index >= 15 is 0 Å². The summed E-state index contributed by atoms with van der Waals surface area (Å²) >= 11 is 0. The van der Waals surface area contributed by atoms with Crippen molar-refractivity contribution in [1.82, 2.24) is 0 Å². The van der Waals surface area contributed by atoms with Gasteiger partial charge in [-0.3, -0.25) is 9.59 Å². The number of amides is 2. The van der Waals surface area contributed by atoms with Gasteiger partial charge < -0.3 is 19.7 Å². The summed E-state index contributed by atoms with van der Waals surface area (Å²) in [7, 11) is 0. The summed E-state index contributed by atoms with van der Waals surface area (Å²) in [4.78, 5) is 26.7. The largest absolute Gasteiger partial charge is 0.506 e. The van der Waals surface area contributed by atoms with Crippen molar-refractivity contribution in [1.29, 1.82) is 0 Å². The highest BCUT2D eigenvalue weighted by Crippen LogP contribution is 2.45. The van der Waals surface area contributed by atoms with Crippen molar-refractivity contribution in [3.05, 3.63) is 53.6 Å². The van der Waals surface area contributed by atoms with Gasteiger partial charge in [-0.2, -0.15) is 0 Å². The SMILES string of the molecule is O=C1c2c(c(O)c3ccccc3c2O)C(=O)N1c1ccc2c(c1)OCO2. The predicted octanol–water partition coefficient (Wildman–Crippen LogP) is 2.78. The summed E-state index contributed by atoms with van der Waals surface area (Å²) in [5.41, 5.74) is -0.143. The van der Waals surface area contributed by atoms with Crippen LogP contribution in [-0.4, -0.2) is 28.8 Å². The van der Waals surface area contributed by atoms with Crippen molar-refractivity contribution in [2.75, 3.05) is 11.7 Å². The lowest BCUT2D eigenvalue weighted by molar-refractivity contribution is 0.0925. The summed E-state index contributed by atoms with van der Waals surface area (Å²) in [6, 6.07) is 11.1. The van der Waals surface area contributed by atoms with Crippen LogP contribution in [0.3, 0.4) is 0 Å². The highest BCUT2D eigenvalue weighted by Gasteiger charge is 2.42. The van der Waals surface area contributed by atoms with Crippen LogP contribution in [0.15, 0.2) is 42.5 Å². The number of phenolic OH excluding ortho intramolecular Hbond substituents is 2. The Labute approximate surface area is 146 Å². The lowest BCUT2D eigenvalue weighted by Gasteiger charge is -2.14. The second kappa shape index (κ2) is 4.89. The van der Waals surface area contributed by atoms with E-state index in [4.69, 9.17) is 9.47 Å². The van der Waals surface area contributed by atoms with Crippen molar-refractivity contribution < 1.29 is 29.3 Å². The van der Waals surface area contributed by atoms with E-state index in [-0.39, 0.29) is 35.1 Å². The van der Waals surface area contributed by atoms with E-state index in [1.165, 1.54) is 6.07 Å². The molecule has 0 unspecified atom stereocenters. The van der Waals surface area contributed by atoms with Gasteiger partial charge in [0.15, 0.2) is 11.5 Å². The number of hydrogen-bond donors (Lipinski definition) is 2. The number of nitrogens with zero attached hydrogens (tertiary/aromatic N) is 1. The molecule has 0 spiro atoms. The van der Waals surface area contributed by atoms with Gasteiger partial charge in [-0.15, -0.1) is 0 Å². The molecule has 3 aromatic carbocycles. The number of imide groups is 1. The van der Waals surface area contributed by atoms with Crippen molar-refractivity contribution >= 4 is 28.3 Å². The van der Waals surface area contributed by atoms with Crippen LogP contribution in [0.5, 0.6) is 23.0 Å². The number of fused-ring (bicyclic) bond motifs is 3. The van der Waals surface area contributed by atoms with Gasteiger partial charge in [0.05, 0.1) is 16.8 Å². The second-order valence-corrected chi connectivity index (χ2v) is 5.98. The Morgan fingerprint density at radius 3 is 2.00 bits per heavy atom. The van der Waals surface area contributed by atoms with E-state index in [0.717, 1.165) is 4.90 Å². The van der Waals surface area contributed by atoms with E-state index in [2.05, 4.69) is 0 Å². The normalized spacial score (nSPS) is 15.0. The molecule has 7 nitrogen and oxygen atoms in total. The highest BCUT2D eigenvalue weighted by molar-refractivity contribution is 6.38. The lowest BCUT2D eigenvalue weighted by atomic mass is 9.99. The fourth-order valence-corrected chi connectivity index (χ4v) is 3.39. The van der Waals surface area contributed by atoms with Crippen LogP contribution >= 0.6 is 0 Å². The Hall–Kier alpha value is -3.74. The van der Waals surface area contributed by atoms with E-state index in [1.54, 1.807) is 36.4 Å². The maximum atomic E-state index is 12.9. The predicted molar refractivity (Wildman–Crippen MR) is 91.0 cm³/mol. The minimum absolute atomic E-state index is 0.0634. The standard InChI is InChI=1S/C19H11NO6/c21-16-10-3-1-2-4-11(10)17(22)15-14(16)18(23)20(19(15)24)9-5-6-12-13(7-9)26-8-25-12/h1-7,21-22H,8H2. The molecule has 0 aromatic heterocycles. The third kappa shape index (κ3) is 1.71. The minimum Gasteiger partial charge on any atom is -0.506 e. The van der Waals surface area contributed by atoms with Gasteiger partial charge in [0.25, 0.3) is 11.8 Å². The van der Waals surface area contributed by atoms with Gasteiger partial charge in [0.1, 0.15) is 11.5 Å². The average Bonchev–Trinajstić information content (AvgIpc) is 3.21. The molecule has 0 atom stereocenters. The highest BCUT2D eigenvalue weighted by atomic mass is 16.7. The number of ether oxygens (including phenoxy) is 2. The van der Waals surface area contributed by atoms with Crippen molar-refractivity contribution in [3.8, 4) is 23.0 Å². The number of anilines is 1. The number of hydrogen-bond acceptors (Lipinski definition) is 6. The molecule has 0 radical (unpaired) electrons. The first kappa shape index (κ1) is 14.6. The van der Waals surface area contributed by atoms with Crippen LogP contribution in [-0.2, 0) is 0 Å². The summed E-state index contributed by atoms with van der Waals surface area (Å²) < 4.78 is 10.5. The van der Waals surface area contributed by atoms with Crippen LogP contribution in [0, 0.1) is 0 Å². The fraction of sp³-hybridized carbons (Fsp3) is 0.0526. The molecule has 3 aromatic rings. The lowest BCUT2D eigenvalue weighted by Crippen LogP contribution is -2.29. The summed E-state index contributed by atoms with van der Waals surface area (Å²) in [6.45, 7) is 0.0634. The van der Waals surface area contributed by atoms with Crippen LogP contribution in [0.2, 0.25) is 0 Å². The molecule has 5 rings (SSSR count). The van der Waals surface area contributed by atoms with Gasteiger partial charge in [-0.05, 0) is 12.1 Å². The van der Waals surface area contributed by atoms with Crippen LogP contribution in [0.1, 0.15) is 20.7 Å². The van der Waals surface area contributed by atoms with Gasteiger partial charge in [-0.25, -0.2) is 4.90 Å². The topological polar surface area (TPSA) is 96.3 Å². The van der Waals surface area contributed by atoms with E-state index in [9.17, 15) is 19.8 Å². The molecule has 26 heavy (non-hydrogen) atoms. The quantitative estimate of drug-likeness (QED) is 0.518. The summed E-state index contributed by atoms with van der Waals surface area (Å²) in [5, 5.41) is 21.7. The van der Waals surface area contributed by atoms with Crippen molar-refractivity contribution in [2.24, 2.45) is 0 Å². The molecule has 0 saturated carbocycles. The van der Waals surface area contributed by atoms with Gasteiger partial charge in [-0.1, -0.05) is 24.3 Å². The van der Waals surface area contributed by atoms with Crippen LogP contribution in [0.25, 0.3) is 10.8 Å². The maximum absolute atomic E-state index is 12.9. The molecule has 2 N–H and O–H groups in total. The van der Waals surface area contributed by atoms with Gasteiger partial charge in [0, 0.05) is 16.8 Å². The molecule has 0 saturated heterocycles. The third-order valence-corrected chi connectivity index (χ3v) is 4.61. The smallest absolute Gasteiger partial charge is 0.270 e. The molecular formula is C19H11NO6. The molecule has 0 aliphatic carbocycles. The van der Waals surface area contributed by atoms with E-state index in [0.29, 0.717) is 22.3 Å². The Morgan fingerprint density at radius 1 is 0.808 bits per heavy atom. The maximum Gasteiger partial charge on any atom is 0.270 e. The third-order valence-electron chi connectivity index (χ3n) is 4.61. The number of phenols is 2. The first-order chi connectivity index (χ1) is 12.6. The van der Waals surface area contributed by atoms with Crippen LogP contribution in [0.4, 0.5) is 5.69 Å². The minimum atomic E-state index is -0.706. The molecule has 2 heterocycles. The van der Waals surface area contributed by atoms with Gasteiger partial charge >= 0.3 is 0 Å².